The van der Waals surface area contributed by atoms with Gasteiger partial charge in [-0.1, -0.05) is 42.5 Å². The Labute approximate surface area is 116 Å². The summed E-state index contributed by atoms with van der Waals surface area (Å²) in [6.45, 7) is 0.557. The molecule has 1 N–H and O–H groups in total. The molecule has 0 atom stereocenters. The number of oxazole rings is 1. The molecule has 2 aromatic carbocycles. The van der Waals surface area contributed by atoms with Crippen LogP contribution in [-0.2, 0) is 6.42 Å². The average Bonchev–Trinajstić information content (AvgIpc) is 2.92. The van der Waals surface area contributed by atoms with Crippen molar-refractivity contribution in [1.82, 2.24) is 10.3 Å². The number of carbonyl (C=O) groups excluding carboxylic acids is 1. The van der Waals surface area contributed by atoms with Gasteiger partial charge in [0.05, 0.1) is 0 Å². The molecule has 0 bridgehead atoms. The second-order valence-electron chi connectivity index (χ2n) is 4.48. The molecule has 20 heavy (non-hydrogen) atoms. The van der Waals surface area contributed by atoms with Gasteiger partial charge in [0.15, 0.2) is 5.58 Å². The van der Waals surface area contributed by atoms with E-state index in [1.165, 1.54) is 5.56 Å². The summed E-state index contributed by atoms with van der Waals surface area (Å²) in [6.07, 6.45) is 0.785. The fourth-order valence-electron chi connectivity index (χ4n) is 2.01. The maximum Gasteiger partial charge on any atom is 0.307 e. The van der Waals surface area contributed by atoms with E-state index in [9.17, 15) is 4.79 Å². The molecule has 1 aromatic heterocycles. The van der Waals surface area contributed by atoms with E-state index in [-0.39, 0.29) is 11.8 Å². The highest BCUT2D eigenvalue weighted by Gasteiger charge is 2.13. The molecule has 0 spiro atoms. The van der Waals surface area contributed by atoms with Gasteiger partial charge in [-0.2, -0.15) is 0 Å². The first-order chi connectivity index (χ1) is 9.83. The molecule has 0 aliphatic carbocycles. The lowest BCUT2D eigenvalue weighted by atomic mass is 10.1. The number of hydrogen-bond donors (Lipinski definition) is 1. The highest BCUT2D eigenvalue weighted by atomic mass is 16.4. The quantitative estimate of drug-likeness (QED) is 0.790. The first kappa shape index (κ1) is 12.4. The molecule has 1 amide bonds. The molecule has 3 rings (SSSR count). The molecule has 0 aliphatic heterocycles. The van der Waals surface area contributed by atoms with Crippen LogP contribution in [0.3, 0.4) is 0 Å². The lowest BCUT2D eigenvalue weighted by molar-refractivity contribution is 0.0922. The Bertz CT molecular complexity index is 686. The Morgan fingerprint density at radius 1 is 1.05 bits per heavy atom. The Morgan fingerprint density at radius 2 is 1.80 bits per heavy atom. The molecule has 0 fully saturated rings. The fraction of sp³-hybridized carbons (Fsp3) is 0.125. The molecule has 4 heteroatoms. The monoisotopic (exact) mass is 266 g/mol. The predicted molar refractivity (Wildman–Crippen MR) is 76.5 cm³/mol. The van der Waals surface area contributed by atoms with Gasteiger partial charge in [-0.15, -0.1) is 0 Å². The van der Waals surface area contributed by atoms with Crippen LogP contribution in [0, 0.1) is 0 Å². The van der Waals surface area contributed by atoms with Crippen LogP contribution in [0.15, 0.2) is 59.0 Å². The lowest BCUT2D eigenvalue weighted by Crippen LogP contribution is -2.25. The molecular weight excluding hydrogens is 252 g/mol. The van der Waals surface area contributed by atoms with Gasteiger partial charge in [0.25, 0.3) is 5.89 Å². The van der Waals surface area contributed by atoms with Crippen molar-refractivity contribution in [3.05, 3.63) is 66.1 Å². The standard InChI is InChI=1S/C16H14N2O2/c19-15(17-11-10-12-6-2-1-3-7-12)16-18-13-8-4-5-9-14(13)20-16/h1-9H,10-11H2,(H,17,19). The molecule has 100 valence electrons. The third-order valence-corrected chi connectivity index (χ3v) is 3.03. The number of para-hydroxylation sites is 2. The molecule has 0 aliphatic rings. The second kappa shape index (κ2) is 5.57. The van der Waals surface area contributed by atoms with E-state index < -0.39 is 0 Å². The zero-order chi connectivity index (χ0) is 13.8. The Kier molecular flexibility index (Phi) is 3.46. The lowest BCUT2D eigenvalue weighted by Gasteiger charge is -2.02. The highest BCUT2D eigenvalue weighted by molar-refractivity contribution is 5.92. The number of carbonyl (C=O) groups is 1. The van der Waals surface area contributed by atoms with Crippen molar-refractivity contribution in [1.29, 1.82) is 0 Å². The van der Waals surface area contributed by atoms with Crippen molar-refractivity contribution < 1.29 is 9.21 Å². The number of rotatable bonds is 4. The van der Waals surface area contributed by atoms with Crippen molar-refractivity contribution in [2.75, 3.05) is 6.54 Å². The van der Waals surface area contributed by atoms with Crippen LogP contribution < -0.4 is 5.32 Å². The SMILES string of the molecule is O=C(NCCc1ccccc1)c1nc2ccccc2o1. The van der Waals surface area contributed by atoms with Gasteiger partial charge in [0.1, 0.15) is 5.52 Å². The first-order valence-corrected chi connectivity index (χ1v) is 6.50. The van der Waals surface area contributed by atoms with E-state index in [1.54, 1.807) is 6.07 Å². The minimum Gasteiger partial charge on any atom is -0.432 e. The van der Waals surface area contributed by atoms with Crippen LogP contribution in [0.5, 0.6) is 0 Å². The summed E-state index contributed by atoms with van der Waals surface area (Å²) in [5, 5.41) is 2.81. The molecule has 0 saturated carbocycles. The summed E-state index contributed by atoms with van der Waals surface area (Å²) in [6, 6.07) is 17.3. The molecule has 0 saturated heterocycles. The second-order valence-corrected chi connectivity index (χ2v) is 4.48. The number of hydrogen-bond acceptors (Lipinski definition) is 3. The zero-order valence-corrected chi connectivity index (χ0v) is 10.9. The summed E-state index contributed by atoms with van der Waals surface area (Å²) in [5.41, 5.74) is 2.51. The van der Waals surface area contributed by atoms with Crippen LogP contribution >= 0.6 is 0 Å². The number of benzene rings is 2. The molecule has 3 aromatic rings. The van der Waals surface area contributed by atoms with E-state index in [0.717, 1.165) is 6.42 Å². The molecule has 0 unspecified atom stereocenters. The average molecular weight is 266 g/mol. The number of fused-ring (bicyclic) bond motifs is 1. The smallest absolute Gasteiger partial charge is 0.307 e. The van der Waals surface area contributed by atoms with E-state index in [2.05, 4.69) is 10.3 Å². The number of nitrogens with one attached hydrogen (secondary N) is 1. The fourth-order valence-corrected chi connectivity index (χ4v) is 2.01. The summed E-state index contributed by atoms with van der Waals surface area (Å²) < 4.78 is 5.41. The summed E-state index contributed by atoms with van der Waals surface area (Å²) in [4.78, 5) is 16.1. The van der Waals surface area contributed by atoms with Crippen LogP contribution in [0.1, 0.15) is 16.2 Å². The van der Waals surface area contributed by atoms with Crippen molar-refractivity contribution in [2.45, 2.75) is 6.42 Å². The van der Waals surface area contributed by atoms with Gasteiger partial charge in [-0.25, -0.2) is 4.98 Å². The van der Waals surface area contributed by atoms with E-state index in [0.29, 0.717) is 17.6 Å². The highest BCUT2D eigenvalue weighted by Crippen LogP contribution is 2.14. The molecule has 0 radical (unpaired) electrons. The molecule has 4 nitrogen and oxygen atoms in total. The van der Waals surface area contributed by atoms with Gasteiger partial charge in [-0.05, 0) is 24.1 Å². The molecular formula is C16H14N2O2. The van der Waals surface area contributed by atoms with Crippen LogP contribution in [0.2, 0.25) is 0 Å². The van der Waals surface area contributed by atoms with E-state index >= 15 is 0 Å². The topological polar surface area (TPSA) is 55.1 Å². The summed E-state index contributed by atoms with van der Waals surface area (Å²) >= 11 is 0. The van der Waals surface area contributed by atoms with Crippen molar-refractivity contribution >= 4 is 17.0 Å². The van der Waals surface area contributed by atoms with Crippen molar-refractivity contribution in [3.63, 3.8) is 0 Å². The first-order valence-electron chi connectivity index (χ1n) is 6.50. The van der Waals surface area contributed by atoms with Gasteiger partial charge < -0.3 is 9.73 Å². The third kappa shape index (κ3) is 2.69. The number of aromatic nitrogens is 1. The summed E-state index contributed by atoms with van der Waals surface area (Å²) in [5.74, 6) is -0.170. The van der Waals surface area contributed by atoms with Crippen molar-refractivity contribution in [2.24, 2.45) is 0 Å². The van der Waals surface area contributed by atoms with Gasteiger partial charge in [-0.3, -0.25) is 4.79 Å². The van der Waals surface area contributed by atoms with E-state index in [4.69, 9.17) is 4.42 Å². The summed E-state index contributed by atoms with van der Waals surface area (Å²) in [7, 11) is 0. The van der Waals surface area contributed by atoms with Gasteiger partial charge in [0.2, 0.25) is 0 Å². The largest absolute Gasteiger partial charge is 0.432 e. The maximum absolute atomic E-state index is 11.9. The zero-order valence-electron chi connectivity index (χ0n) is 10.9. The maximum atomic E-state index is 11.9. The Morgan fingerprint density at radius 3 is 2.60 bits per heavy atom. The Hall–Kier alpha value is -2.62. The predicted octanol–water partition coefficient (Wildman–Crippen LogP) is 2.80. The number of nitrogens with zero attached hydrogens (tertiary/aromatic N) is 1. The number of amides is 1. The van der Waals surface area contributed by atoms with Gasteiger partial charge in [0, 0.05) is 6.54 Å². The minimum atomic E-state index is -0.280. The van der Waals surface area contributed by atoms with Gasteiger partial charge >= 0.3 is 5.91 Å². The van der Waals surface area contributed by atoms with Crippen LogP contribution in [0.4, 0.5) is 0 Å². The minimum absolute atomic E-state index is 0.110. The Balaban J connectivity index is 1.61. The molecule has 1 heterocycles. The van der Waals surface area contributed by atoms with Crippen molar-refractivity contribution in [3.8, 4) is 0 Å². The van der Waals surface area contributed by atoms with Crippen LogP contribution in [-0.4, -0.2) is 17.4 Å². The third-order valence-electron chi connectivity index (χ3n) is 3.03. The van der Waals surface area contributed by atoms with Crippen LogP contribution in [0.25, 0.3) is 11.1 Å². The van der Waals surface area contributed by atoms with E-state index in [1.807, 2.05) is 48.5 Å². The normalized spacial score (nSPS) is 10.6.